The van der Waals surface area contributed by atoms with E-state index in [4.69, 9.17) is 0 Å². The minimum absolute atomic E-state index is 0.0517. The van der Waals surface area contributed by atoms with Gasteiger partial charge in [0, 0.05) is 25.4 Å². The molecule has 0 aromatic heterocycles. The second-order valence-electron chi connectivity index (χ2n) is 5.76. The number of carbonyl (C=O) groups is 2. The molecule has 1 atom stereocenters. The highest BCUT2D eigenvalue weighted by molar-refractivity contribution is 6.01. The van der Waals surface area contributed by atoms with Crippen molar-refractivity contribution in [3.8, 4) is 6.07 Å². The van der Waals surface area contributed by atoms with E-state index >= 15 is 0 Å². The first-order valence-electron chi connectivity index (χ1n) is 7.06. The van der Waals surface area contributed by atoms with Gasteiger partial charge in [-0.25, -0.2) is 0 Å². The van der Waals surface area contributed by atoms with Crippen LogP contribution in [0.15, 0.2) is 0 Å². The second kappa shape index (κ2) is 5.70. The van der Waals surface area contributed by atoms with Gasteiger partial charge in [0.15, 0.2) is 0 Å². The third kappa shape index (κ3) is 3.77. The number of unbranched alkanes of at least 4 members (excludes halogenated alkanes) is 1. The molecule has 5 nitrogen and oxygen atoms in total. The minimum Gasteiger partial charge on any atom is -0.297 e. The smallest absolute Gasteiger partial charge is 0.229 e. The fraction of sp³-hybridized carbons (Fsp3) is 0.786. The summed E-state index contributed by atoms with van der Waals surface area (Å²) < 4.78 is 0. The third-order valence-corrected chi connectivity index (χ3v) is 3.81. The molecule has 1 saturated carbocycles. The van der Waals surface area contributed by atoms with E-state index in [1.807, 2.05) is 6.92 Å². The van der Waals surface area contributed by atoms with Gasteiger partial charge in [-0.05, 0) is 39.0 Å². The number of nitrogens with zero attached hydrogens (tertiary/aromatic N) is 2. The lowest BCUT2D eigenvalue weighted by Crippen LogP contribution is -2.42. The summed E-state index contributed by atoms with van der Waals surface area (Å²) in [5.41, 5.74) is -0.472. The number of rotatable bonds is 7. The molecule has 1 aliphatic carbocycles. The van der Waals surface area contributed by atoms with Crippen molar-refractivity contribution in [3.63, 3.8) is 0 Å². The van der Waals surface area contributed by atoms with Gasteiger partial charge in [0.05, 0.1) is 6.07 Å². The van der Waals surface area contributed by atoms with Gasteiger partial charge in [0.25, 0.3) is 0 Å². The van der Waals surface area contributed by atoms with E-state index in [0.29, 0.717) is 25.4 Å². The first-order valence-corrected chi connectivity index (χ1v) is 7.06. The Morgan fingerprint density at radius 3 is 2.47 bits per heavy atom. The fourth-order valence-electron chi connectivity index (χ4n) is 2.46. The monoisotopic (exact) mass is 263 g/mol. The minimum atomic E-state index is -0.472. The van der Waals surface area contributed by atoms with Crippen LogP contribution in [0.25, 0.3) is 0 Å². The van der Waals surface area contributed by atoms with Crippen molar-refractivity contribution >= 4 is 11.8 Å². The van der Waals surface area contributed by atoms with Gasteiger partial charge in [0.1, 0.15) is 5.54 Å². The molecule has 1 heterocycles. The quantitative estimate of drug-likeness (QED) is 0.555. The Labute approximate surface area is 113 Å². The largest absolute Gasteiger partial charge is 0.297 e. The van der Waals surface area contributed by atoms with Gasteiger partial charge in [-0.2, -0.15) is 5.26 Å². The fourth-order valence-corrected chi connectivity index (χ4v) is 2.46. The average Bonchev–Trinajstić information content (AvgIpc) is 3.13. The zero-order valence-corrected chi connectivity index (χ0v) is 11.4. The first-order chi connectivity index (χ1) is 9.04. The van der Waals surface area contributed by atoms with Crippen LogP contribution in [-0.2, 0) is 9.59 Å². The SMILES string of the molecule is CC(C#N)(CCCCN1C(=O)CCC1=O)NC1CC1. The number of likely N-dealkylation sites (tertiary alicyclic amines) is 1. The summed E-state index contributed by atoms with van der Waals surface area (Å²) in [5, 5.41) is 12.6. The maximum absolute atomic E-state index is 11.4. The molecule has 1 N–H and O–H groups in total. The van der Waals surface area contributed by atoms with Crippen LogP contribution in [0.4, 0.5) is 0 Å². The zero-order valence-electron chi connectivity index (χ0n) is 11.4. The van der Waals surface area contributed by atoms with E-state index in [-0.39, 0.29) is 11.8 Å². The summed E-state index contributed by atoms with van der Waals surface area (Å²) in [6.07, 6.45) is 5.43. The predicted molar refractivity (Wildman–Crippen MR) is 70.0 cm³/mol. The van der Waals surface area contributed by atoms with Gasteiger partial charge in [0.2, 0.25) is 11.8 Å². The van der Waals surface area contributed by atoms with Crippen molar-refractivity contribution in [1.82, 2.24) is 10.2 Å². The highest BCUT2D eigenvalue weighted by Gasteiger charge is 2.32. The van der Waals surface area contributed by atoms with Crippen molar-refractivity contribution in [1.29, 1.82) is 5.26 Å². The van der Waals surface area contributed by atoms with E-state index in [2.05, 4.69) is 11.4 Å². The lowest BCUT2D eigenvalue weighted by molar-refractivity contribution is -0.138. The molecule has 2 amide bonds. The number of hydrogen-bond donors (Lipinski definition) is 1. The van der Waals surface area contributed by atoms with E-state index < -0.39 is 5.54 Å². The Balaban J connectivity index is 1.69. The van der Waals surface area contributed by atoms with Crippen LogP contribution in [-0.4, -0.2) is 34.8 Å². The Morgan fingerprint density at radius 1 is 1.32 bits per heavy atom. The van der Waals surface area contributed by atoms with Gasteiger partial charge < -0.3 is 0 Å². The van der Waals surface area contributed by atoms with Crippen LogP contribution in [0.5, 0.6) is 0 Å². The molecule has 19 heavy (non-hydrogen) atoms. The molecule has 5 heteroatoms. The Kier molecular flexibility index (Phi) is 4.20. The second-order valence-corrected chi connectivity index (χ2v) is 5.76. The zero-order chi connectivity index (χ0) is 13.9. The molecule has 0 radical (unpaired) electrons. The molecule has 1 unspecified atom stereocenters. The number of hydrogen-bond acceptors (Lipinski definition) is 4. The average molecular weight is 263 g/mol. The Hall–Kier alpha value is -1.41. The topological polar surface area (TPSA) is 73.2 Å². The van der Waals surface area contributed by atoms with Crippen molar-refractivity contribution in [2.75, 3.05) is 6.54 Å². The van der Waals surface area contributed by atoms with Gasteiger partial charge in [-0.1, -0.05) is 0 Å². The molecular formula is C14H21N3O2. The molecule has 2 aliphatic rings. The molecule has 1 saturated heterocycles. The van der Waals surface area contributed by atoms with E-state index in [9.17, 15) is 14.9 Å². The Bertz CT molecular complexity index is 395. The van der Waals surface area contributed by atoms with Crippen LogP contribution < -0.4 is 5.32 Å². The Morgan fingerprint density at radius 2 is 1.95 bits per heavy atom. The molecule has 0 aromatic rings. The normalized spacial score (nSPS) is 22.4. The highest BCUT2D eigenvalue weighted by Crippen LogP contribution is 2.25. The molecule has 104 valence electrons. The lowest BCUT2D eigenvalue weighted by atomic mass is 9.96. The summed E-state index contributed by atoms with van der Waals surface area (Å²) in [6, 6.07) is 2.84. The third-order valence-electron chi connectivity index (χ3n) is 3.81. The van der Waals surface area contributed by atoms with Crippen molar-refractivity contribution in [3.05, 3.63) is 0 Å². The summed E-state index contributed by atoms with van der Waals surface area (Å²) in [6.45, 7) is 2.43. The van der Waals surface area contributed by atoms with Crippen LogP contribution in [0.1, 0.15) is 51.9 Å². The molecule has 0 bridgehead atoms. The van der Waals surface area contributed by atoms with Crippen LogP contribution >= 0.6 is 0 Å². The van der Waals surface area contributed by atoms with Gasteiger partial charge in [-0.15, -0.1) is 0 Å². The van der Waals surface area contributed by atoms with Crippen LogP contribution in [0.3, 0.4) is 0 Å². The summed E-state index contributed by atoms with van der Waals surface area (Å²) >= 11 is 0. The van der Waals surface area contributed by atoms with E-state index in [1.165, 1.54) is 4.90 Å². The number of amides is 2. The molecule has 1 aliphatic heterocycles. The predicted octanol–water partition coefficient (Wildman–Crippen LogP) is 1.34. The van der Waals surface area contributed by atoms with Crippen molar-refractivity contribution in [2.24, 2.45) is 0 Å². The molecule has 2 fully saturated rings. The number of carbonyl (C=O) groups excluding carboxylic acids is 2. The first kappa shape index (κ1) is 14.0. The summed E-state index contributed by atoms with van der Waals surface area (Å²) in [5.74, 6) is -0.103. The number of nitriles is 1. The molecular weight excluding hydrogens is 242 g/mol. The standard InChI is InChI=1S/C14H21N3O2/c1-14(10-15,16-11-4-5-11)8-2-3-9-17-12(18)6-7-13(17)19/h11,16H,2-9H2,1H3. The molecule has 0 aromatic carbocycles. The maximum atomic E-state index is 11.4. The van der Waals surface area contributed by atoms with Crippen LogP contribution in [0.2, 0.25) is 0 Å². The van der Waals surface area contributed by atoms with Crippen LogP contribution in [0, 0.1) is 11.3 Å². The van der Waals surface area contributed by atoms with E-state index in [0.717, 1.165) is 32.1 Å². The number of nitrogens with one attached hydrogen (secondary N) is 1. The summed E-state index contributed by atoms with van der Waals surface area (Å²) in [7, 11) is 0. The van der Waals surface area contributed by atoms with Crippen molar-refractivity contribution < 1.29 is 9.59 Å². The van der Waals surface area contributed by atoms with Gasteiger partial charge >= 0.3 is 0 Å². The maximum Gasteiger partial charge on any atom is 0.229 e. The van der Waals surface area contributed by atoms with Gasteiger partial charge in [-0.3, -0.25) is 19.8 Å². The highest BCUT2D eigenvalue weighted by atomic mass is 16.2. The summed E-state index contributed by atoms with van der Waals surface area (Å²) in [4.78, 5) is 24.2. The number of imide groups is 1. The van der Waals surface area contributed by atoms with Crippen molar-refractivity contribution in [2.45, 2.75) is 63.5 Å². The van der Waals surface area contributed by atoms with E-state index in [1.54, 1.807) is 0 Å². The molecule has 0 spiro atoms. The molecule has 2 rings (SSSR count). The lowest BCUT2D eigenvalue weighted by Gasteiger charge is -2.23.